The molecule has 0 fully saturated rings. The Morgan fingerprint density at radius 2 is 2.07 bits per heavy atom. The Morgan fingerprint density at radius 3 is 2.60 bits per heavy atom. The molecular weight excluding hydrogens is 218 g/mol. The molecule has 15 heavy (non-hydrogen) atoms. The molecule has 0 N–H and O–H groups in total. The van der Waals surface area contributed by atoms with Crippen LogP contribution in [0.5, 0.6) is 0 Å². The second kappa shape index (κ2) is 4.70. The predicted molar refractivity (Wildman–Crippen MR) is 53.5 cm³/mol. The first kappa shape index (κ1) is 11.4. The molecule has 0 amide bonds. The standard InChI is InChI=1S/C9H9NO4S/c1-6-7(9(11)14-2)4-3-5-8(6)10-15(12)13/h3-5H,1-2H3. The molecule has 1 aromatic carbocycles. The molecule has 6 heteroatoms. The molecule has 0 aliphatic heterocycles. The van der Waals surface area contributed by atoms with Gasteiger partial charge in [0.15, 0.2) is 0 Å². The number of esters is 1. The Hall–Kier alpha value is -1.69. The molecule has 0 aliphatic rings. The van der Waals surface area contributed by atoms with E-state index in [9.17, 15) is 13.2 Å². The average molecular weight is 227 g/mol. The monoisotopic (exact) mass is 227 g/mol. The highest BCUT2D eigenvalue weighted by Gasteiger charge is 2.11. The van der Waals surface area contributed by atoms with Crippen LogP contribution in [0, 0.1) is 6.92 Å². The number of carbonyl (C=O) groups excluding carboxylic acids is 1. The van der Waals surface area contributed by atoms with Crippen molar-refractivity contribution in [2.24, 2.45) is 4.36 Å². The van der Waals surface area contributed by atoms with Crippen LogP contribution in [0.15, 0.2) is 22.6 Å². The van der Waals surface area contributed by atoms with Crippen LogP contribution in [-0.2, 0) is 15.2 Å². The van der Waals surface area contributed by atoms with Gasteiger partial charge in [0.2, 0.25) is 0 Å². The third kappa shape index (κ3) is 2.63. The minimum absolute atomic E-state index is 0.242. The Labute approximate surface area is 88.4 Å². The van der Waals surface area contributed by atoms with Crippen molar-refractivity contribution in [3.8, 4) is 0 Å². The fourth-order valence-electron chi connectivity index (χ4n) is 1.13. The van der Waals surface area contributed by atoms with Gasteiger partial charge in [-0.2, -0.15) is 8.42 Å². The van der Waals surface area contributed by atoms with Crippen LogP contribution < -0.4 is 0 Å². The third-order valence-electron chi connectivity index (χ3n) is 1.88. The maximum absolute atomic E-state index is 11.3. The molecule has 0 saturated heterocycles. The van der Waals surface area contributed by atoms with Gasteiger partial charge >= 0.3 is 16.5 Å². The molecule has 0 aromatic heterocycles. The Kier molecular flexibility index (Phi) is 3.56. The van der Waals surface area contributed by atoms with Crippen LogP contribution in [0.25, 0.3) is 0 Å². The van der Waals surface area contributed by atoms with Crippen molar-refractivity contribution in [3.63, 3.8) is 0 Å². The number of carbonyl (C=O) groups is 1. The Balaban J connectivity index is 3.35. The summed E-state index contributed by atoms with van der Waals surface area (Å²) in [4.78, 5) is 11.3. The van der Waals surface area contributed by atoms with Crippen LogP contribution in [0.3, 0.4) is 0 Å². The van der Waals surface area contributed by atoms with E-state index in [-0.39, 0.29) is 5.69 Å². The van der Waals surface area contributed by atoms with Gasteiger partial charge in [0, 0.05) is 0 Å². The highest BCUT2D eigenvalue weighted by atomic mass is 32.2. The number of hydrogen-bond donors (Lipinski definition) is 0. The zero-order valence-electron chi connectivity index (χ0n) is 8.22. The number of ether oxygens (including phenoxy) is 1. The van der Waals surface area contributed by atoms with Crippen LogP contribution in [0.1, 0.15) is 15.9 Å². The highest BCUT2D eigenvalue weighted by Crippen LogP contribution is 2.22. The van der Waals surface area contributed by atoms with Gasteiger partial charge in [0.25, 0.3) is 0 Å². The largest absolute Gasteiger partial charge is 0.465 e. The number of methoxy groups -OCH3 is 1. The second-order valence-corrected chi connectivity index (χ2v) is 3.37. The van der Waals surface area contributed by atoms with Crippen molar-refractivity contribution >= 4 is 22.2 Å². The summed E-state index contributed by atoms with van der Waals surface area (Å²) in [6, 6.07) is 4.61. The lowest BCUT2D eigenvalue weighted by Crippen LogP contribution is -2.03. The van der Waals surface area contributed by atoms with Crippen LogP contribution >= 0.6 is 0 Å². The van der Waals surface area contributed by atoms with Gasteiger partial charge in [-0.25, -0.2) is 4.79 Å². The van der Waals surface area contributed by atoms with E-state index in [1.807, 2.05) is 0 Å². The quantitative estimate of drug-likeness (QED) is 0.717. The zero-order valence-corrected chi connectivity index (χ0v) is 9.04. The minimum atomic E-state index is -2.53. The molecule has 1 aromatic rings. The first-order valence-electron chi connectivity index (χ1n) is 4.05. The van der Waals surface area contributed by atoms with Gasteiger partial charge in [0.1, 0.15) is 0 Å². The van der Waals surface area contributed by atoms with Crippen LogP contribution in [0.4, 0.5) is 5.69 Å². The molecule has 5 nitrogen and oxygen atoms in total. The number of benzene rings is 1. The van der Waals surface area contributed by atoms with Gasteiger partial charge in [-0.1, -0.05) is 6.07 Å². The van der Waals surface area contributed by atoms with Crippen molar-refractivity contribution in [2.45, 2.75) is 6.92 Å². The molecule has 0 saturated carbocycles. The molecule has 0 unspecified atom stereocenters. The van der Waals surface area contributed by atoms with E-state index in [0.29, 0.717) is 11.1 Å². The van der Waals surface area contributed by atoms with Gasteiger partial charge < -0.3 is 4.74 Å². The van der Waals surface area contributed by atoms with Crippen molar-refractivity contribution in [1.29, 1.82) is 0 Å². The lowest BCUT2D eigenvalue weighted by atomic mass is 10.1. The fraction of sp³-hybridized carbons (Fsp3) is 0.222. The van der Waals surface area contributed by atoms with Crippen molar-refractivity contribution in [3.05, 3.63) is 29.3 Å². The summed E-state index contributed by atoms with van der Waals surface area (Å²) in [5.74, 6) is -0.513. The summed E-state index contributed by atoms with van der Waals surface area (Å²) in [7, 11) is -1.27. The number of nitrogens with zero attached hydrogens (tertiary/aromatic N) is 1. The zero-order chi connectivity index (χ0) is 11.4. The van der Waals surface area contributed by atoms with Crippen molar-refractivity contribution in [2.75, 3.05) is 7.11 Å². The second-order valence-electron chi connectivity index (χ2n) is 2.75. The Bertz CT molecular complexity index is 511. The summed E-state index contributed by atoms with van der Waals surface area (Å²) in [5.41, 5.74) is 1.03. The number of hydrogen-bond acceptors (Lipinski definition) is 5. The molecule has 1 rings (SSSR count). The summed E-state index contributed by atoms with van der Waals surface area (Å²) < 4.78 is 28.7. The van der Waals surface area contributed by atoms with E-state index < -0.39 is 16.5 Å². The van der Waals surface area contributed by atoms with Gasteiger partial charge in [-0.3, -0.25) is 0 Å². The maximum atomic E-state index is 11.3. The minimum Gasteiger partial charge on any atom is -0.465 e. The van der Waals surface area contributed by atoms with Gasteiger partial charge in [-0.05, 0) is 24.6 Å². The SMILES string of the molecule is COC(=O)c1cccc(N=S(=O)=O)c1C. The predicted octanol–water partition coefficient (Wildman–Crippen LogP) is 1.48. The molecule has 0 spiro atoms. The number of rotatable bonds is 2. The molecule has 0 heterocycles. The highest BCUT2D eigenvalue weighted by molar-refractivity contribution is 7.61. The molecule has 0 bridgehead atoms. The maximum Gasteiger partial charge on any atom is 0.338 e. The summed E-state index contributed by atoms with van der Waals surface area (Å²) >= 11 is 0. The van der Waals surface area contributed by atoms with Gasteiger partial charge in [-0.15, -0.1) is 4.36 Å². The first-order valence-corrected chi connectivity index (χ1v) is 5.08. The molecule has 0 radical (unpaired) electrons. The fourth-order valence-corrected chi connectivity index (χ4v) is 1.49. The lowest BCUT2D eigenvalue weighted by molar-refractivity contribution is 0.0600. The normalized spacial score (nSPS) is 9.47. The molecule has 80 valence electrons. The van der Waals surface area contributed by atoms with E-state index in [1.165, 1.54) is 13.2 Å². The van der Waals surface area contributed by atoms with Crippen LogP contribution in [0.2, 0.25) is 0 Å². The topological polar surface area (TPSA) is 72.8 Å². The summed E-state index contributed by atoms with van der Waals surface area (Å²) in [6.07, 6.45) is 0. The van der Waals surface area contributed by atoms with E-state index in [0.717, 1.165) is 0 Å². The summed E-state index contributed by atoms with van der Waals surface area (Å²) in [5, 5.41) is 0. The third-order valence-corrected chi connectivity index (χ3v) is 2.23. The van der Waals surface area contributed by atoms with E-state index in [4.69, 9.17) is 0 Å². The Morgan fingerprint density at radius 1 is 1.40 bits per heavy atom. The van der Waals surface area contributed by atoms with Crippen LogP contribution in [-0.4, -0.2) is 21.5 Å². The molecule has 0 aliphatic carbocycles. The van der Waals surface area contributed by atoms with Crippen molar-refractivity contribution in [1.82, 2.24) is 0 Å². The summed E-state index contributed by atoms with van der Waals surface area (Å²) in [6.45, 7) is 1.61. The van der Waals surface area contributed by atoms with E-state index in [2.05, 4.69) is 9.10 Å². The molecule has 0 atom stereocenters. The lowest BCUT2D eigenvalue weighted by Gasteiger charge is -2.04. The van der Waals surface area contributed by atoms with Crippen molar-refractivity contribution < 1.29 is 17.9 Å². The van der Waals surface area contributed by atoms with E-state index in [1.54, 1.807) is 19.1 Å². The average Bonchev–Trinajstić information content (AvgIpc) is 2.19. The van der Waals surface area contributed by atoms with Gasteiger partial charge in [0.05, 0.1) is 18.4 Å². The van der Waals surface area contributed by atoms with E-state index >= 15 is 0 Å². The first-order chi connectivity index (χ1) is 7.06. The molecular formula is C9H9NO4S. The smallest absolute Gasteiger partial charge is 0.338 e.